The SMILES string of the molecule is COc1ccc(C=C(NC(=O)c2ccccc2)C(=O)NCCC(=O)OCc2ccccc2)cc1. The highest BCUT2D eigenvalue weighted by Gasteiger charge is 2.15. The van der Waals surface area contributed by atoms with Crippen LogP contribution in [0.4, 0.5) is 0 Å². The summed E-state index contributed by atoms with van der Waals surface area (Å²) in [7, 11) is 1.56. The van der Waals surface area contributed by atoms with Crippen LogP contribution in [0.2, 0.25) is 0 Å². The summed E-state index contributed by atoms with van der Waals surface area (Å²) in [5.74, 6) is -0.697. The third kappa shape index (κ3) is 7.63. The molecule has 7 heteroatoms. The van der Waals surface area contributed by atoms with Crippen molar-refractivity contribution in [3.63, 3.8) is 0 Å². The van der Waals surface area contributed by atoms with Gasteiger partial charge in [0.25, 0.3) is 11.8 Å². The Kier molecular flexibility index (Phi) is 8.99. The fraction of sp³-hybridized carbons (Fsp3) is 0.148. The van der Waals surface area contributed by atoms with Gasteiger partial charge in [-0.05, 0) is 41.5 Å². The van der Waals surface area contributed by atoms with Gasteiger partial charge in [-0.15, -0.1) is 0 Å². The lowest BCUT2D eigenvalue weighted by atomic mass is 10.1. The molecule has 0 aliphatic carbocycles. The van der Waals surface area contributed by atoms with E-state index in [4.69, 9.17) is 9.47 Å². The number of amides is 2. The van der Waals surface area contributed by atoms with Gasteiger partial charge in [-0.3, -0.25) is 14.4 Å². The van der Waals surface area contributed by atoms with Crippen molar-refractivity contribution < 1.29 is 23.9 Å². The second-order valence-corrected chi connectivity index (χ2v) is 7.30. The Labute approximate surface area is 198 Å². The number of methoxy groups -OCH3 is 1. The molecule has 0 radical (unpaired) electrons. The number of ether oxygens (including phenoxy) is 2. The first-order valence-electron chi connectivity index (χ1n) is 10.7. The summed E-state index contributed by atoms with van der Waals surface area (Å²) in [6, 6.07) is 25.0. The molecule has 0 aromatic heterocycles. The maximum absolute atomic E-state index is 12.8. The molecule has 0 aliphatic rings. The van der Waals surface area contributed by atoms with E-state index in [-0.39, 0.29) is 25.3 Å². The molecule has 0 bridgehead atoms. The number of nitrogens with one attached hydrogen (secondary N) is 2. The van der Waals surface area contributed by atoms with Crippen molar-refractivity contribution in [3.8, 4) is 5.75 Å². The van der Waals surface area contributed by atoms with Crippen molar-refractivity contribution in [1.82, 2.24) is 10.6 Å². The molecular formula is C27H26N2O5. The van der Waals surface area contributed by atoms with E-state index in [0.29, 0.717) is 16.9 Å². The van der Waals surface area contributed by atoms with Crippen LogP contribution in [0.1, 0.15) is 27.9 Å². The molecule has 3 aromatic carbocycles. The molecule has 0 fully saturated rings. The highest BCUT2D eigenvalue weighted by molar-refractivity contribution is 6.05. The Morgan fingerprint density at radius 3 is 2.15 bits per heavy atom. The Morgan fingerprint density at radius 2 is 1.50 bits per heavy atom. The number of carbonyl (C=O) groups excluding carboxylic acids is 3. The summed E-state index contributed by atoms with van der Waals surface area (Å²) in [5.41, 5.74) is 2.05. The molecule has 174 valence electrons. The predicted molar refractivity (Wildman–Crippen MR) is 129 cm³/mol. The minimum atomic E-state index is -0.518. The third-order valence-corrected chi connectivity index (χ3v) is 4.81. The third-order valence-electron chi connectivity index (χ3n) is 4.81. The van der Waals surface area contributed by atoms with Gasteiger partial charge < -0.3 is 20.1 Å². The molecule has 34 heavy (non-hydrogen) atoms. The summed E-state index contributed by atoms with van der Waals surface area (Å²) in [6.45, 7) is 0.233. The number of hydrogen-bond acceptors (Lipinski definition) is 5. The molecule has 2 N–H and O–H groups in total. The zero-order valence-corrected chi connectivity index (χ0v) is 18.8. The first kappa shape index (κ1) is 24.3. The molecule has 0 spiro atoms. The zero-order valence-electron chi connectivity index (χ0n) is 18.8. The molecule has 7 nitrogen and oxygen atoms in total. The van der Waals surface area contributed by atoms with E-state index in [0.717, 1.165) is 5.56 Å². The standard InChI is InChI=1S/C27H26N2O5/c1-33-23-14-12-20(13-15-23)18-24(29-26(31)22-10-6-3-7-11-22)27(32)28-17-16-25(30)34-19-21-8-4-2-5-9-21/h2-15,18H,16-17,19H2,1H3,(H,28,32)(H,29,31). The van der Waals surface area contributed by atoms with Crippen LogP contribution in [-0.4, -0.2) is 31.4 Å². The van der Waals surface area contributed by atoms with Gasteiger partial charge in [0.1, 0.15) is 18.1 Å². The topological polar surface area (TPSA) is 93.7 Å². The summed E-state index contributed by atoms with van der Waals surface area (Å²) < 4.78 is 10.4. The number of esters is 1. The average molecular weight is 459 g/mol. The van der Waals surface area contributed by atoms with Crippen molar-refractivity contribution >= 4 is 23.9 Å². The van der Waals surface area contributed by atoms with E-state index in [2.05, 4.69) is 10.6 Å². The number of rotatable bonds is 10. The average Bonchev–Trinajstić information content (AvgIpc) is 2.88. The molecule has 2 amide bonds. The van der Waals surface area contributed by atoms with Crippen LogP contribution in [0.3, 0.4) is 0 Å². The van der Waals surface area contributed by atoms with Gasteiger partial charge in [-0.25, -0.2) is 0 Å². The normalized spacial score (nSPS) is 10.8. The van der Waals surface area contributed by atoms with Crippen molar-refractivity contribution in [2.45, 2.75) is 13.0 Å². The summed E-state index contributed by atoms with van der Waals surface area (Å²) in [6.07, 6.45) is 1.56. The Balaban J connectivity index is 1.61. The Hall–Kier alpha value is -4.39. The van der Waals surface area contributed by atoms with E-state index in [1.807, 2.05) is 30.3 Å². The van der Waals surface area contributed by atoms with Crippen LogP contribution < -0.4 is 15.4 Å². The monoisotopic (exact) mass is 458 g/mol. The number of hydrogen-bond donors (Lipinski definition) is 2. The maximum atomic E-state index is 12.8. The quantitative estimate of drug-likeness (QED) is 0.357. The van der Waals surface area contributed by atoms with Crippen molar-refractivity contribution in [1.29, 1.82) is 0 Å². The summed E-state index contributed by atoms with van der Waals surface area (Å²) in [5, 5.41) is 5.32. The van der Waals surface area contributed by atoms with E-state index in [1.165, 1.54) is 0 Å². The molecule has 3 aromatic rings. The van der Waals surface area contributed by atoms with Gasteiger partial charge in [0.2, 0.25) is 0 Å². The fourth-order valence-electron chi connectivity index (χ4n) is 2.99. The van der Waals surface area contributed by atoms with Gasteiger partial charge in [0, 0.05) is 12.1 Å². The van der Waals surface area contributed by atoms with Crippen molar-refractivity contribution in [2.75, 3.05) is 13.7 Å². The van der Waals surface area contributed by atoms with Crippen LogP contribution in [-0.2, 0) is 20.9 Å². The van der Waals surface area contributed by atoms with Gasteiger partial charge in [-0.1, -0.05) is 60.7 Å². The molecular weight excluding hydrogens is 432 g/mol. The molecule has 0 atom stereocenters. The van der Waals surface area contributed by atoms with Gasteiger partial charge >= 0.3 is 5.97 Å². The van der Waals surface area contributed by atoms with Crippen LogP contribution in [0.15, 0.2) is 90.6 Å². The van der Waals surface area contributed by atoms with Gasteiger partial charge in [0.05, 0.1) is 13.5 Å². The second kappa shape index (κ2) is 12.6. The van der Waals surface area contributed by atoms with E-state index >= 15 is 0 Å². The summed E-state index contributed by atoms with van der Waals surface area (Å²) in [4.78, 5) is 37.5. The Bertz CT molecular complexity index is 1130. The lowest BCUT2D eigenvalue weighted by Gasteiger charge is -2.11. The minimum Gasteiger partial charge on any atom is -0.497 e. The molecule has 3 rings (SSSR count). The highest BCUT2D eigenvalue weighted by atomic mass is 16.5. The smallest absolute Gasteiger partial charge is 0.307 e. The van der Waals surface area contributed by atoms with Crippen molar-refractivity contribution in [3.05, 3.63) is 107 Å². The molecule has 0 aliphatic heterocycles. The lowest BCUT2D eigenvalue weighted by molar-refractivity contribution is -0.144. The maximum Gasteiger partial charge on any atom is 0.307 e. The molecule has 0 heterocycles. The minimum absolute atomic E-state index is 0.00101. The van der Waals surface area contributed by atoms with E-state index < -0.39 is 17.8 Å². The molecule has 0 unspecified atom stereocenters. The van der Waals surface area contributed by atoms with Gasteiger partial charge in [-0.2, -0.15) is 0 Å². The lowest BCUT2D eigenvalue weighted by Crippen LogP contribution is -2.35. The van der Waals surface area contributed by atoms with Gasteiger partial charge in [0.15, 0.2) is 0 Å². The van der Waals surface area contributed by atoms with E-state index in [1.54, 1.807) is 67.8 Å². The molecule has 0 saturated heterocycles. The Morgan fingerprint density at radius 1 is 0.853 bits per heavy atom. The van der Waals surface area contributed by atoms with Crippen LogP contribution in [0, 0.1) is 0 Å². The highest BCUT2D eigenvalue weighted by Crippen LogP contribution is 2.14. The summed E-state index contributed by atoms with van der Waals surface area (Å²) >= 11 is 0. The predicted octanol–water partition coefficient (Wildman–Crippen LogP) is 3.72. The second-order valence-electron chi connectivity index (χ2n) is 7.30. The van der Waals surface area contributed by atoms with Crippen LogP contribution in [0.5, 0.6) is 5.75 Å². The largest absolute Gasteiger partial charge is 0.497 e. The van der Waals surface area contributed by atoms with E-state index in [9.17, 15) is 14.4 Å². The zero-order chi connectivity index (χ0) is 24.2. The number of benzene rings is 3. The molecule has 0 saturated carbocycles. The van der Waals surface area contributed by atoms with Crippen LogP contribution in [0.25, 0.3) is 6.08 Å². The number of carbonyl (C=O) groups is 3. The fourth-order valence-corrected chi connectivity index (χ4v) is 2.99. The first-order valence-corrected chi connectivity index (χ1v) is 10.7. The van der Waals surface area contributed by atoms with Crippen molar-refractivity contribution in [2.24, 2.45) is 0 Å². The van der Waals surface area contributed by atoms with Crippen LogP contribution >= 0.6 is 0 Å². The first-order chi connectivity index (χ1) is 16.5.